The molecule has 0 radical (unpaired) electrons. The van der Waals surface area contributed by atoms with Gasteiger partial charge in [0.15, 0.2) is 5.13 Å². The molecule has 0 saturated carbocycles. The van der Waals surface area contributed by atoms with Crippen LogP contribution in [0, 0.1) is 6.57 Å². The van der Waals surface area contributed by atoms with Crippen LogP contribution in [0.2, 0.25) is 0 Å². The molecule has 1 heterocycles. The van der Waals surface area contributed by atoms with Gasteiger partial charge in [0, 0.05) is 0 Å². The second-order valence-corrected chi connectivity index (χ2v) is 2.49. The Morgan fingerprint density at radius 3 is 2.90 bits per heavy atom. The van der Waals surface area contributed by atoms with Crippen LogP contribution >= 0.6 is 11.3 Å². The second-order valence-electron chi connectivity index (χ2n) is 1.48. The van der Waals surface area contributed by atoms with Crippen LogP contribution in [0.4, 0.5) is 10.1 Å². The predicted octanol–water partition coefficient (Wildman–Crippen LogP) is 1.28. The molecule has 0 aromatic carbocycles. The van der Waals surface area contributed by atoms with Gasteiger partial charge < -0.3 is 10.5 Å². The number of methoxy groups -OCH3 is 1. The summed E-state index contributed by atoms with van der Waals surface area (Å²) in [5.41, 5.74) is 5.31. The van der Waals surface area contributed by atoms with Crippen LogP contribution in [0.1, 0.15) is 0 Å². The van der Waals surface area contributed by atoms with Gasteiger partial charge in [-0.2, -0.15) is 4.98 Å². The van der Waals surface area contributed by atoms with Crippen molar-refractivity contribution in [2.24, 2.45) is 0 Å². The molecule has 10 heavy (non-hydrogen) atoms. The first-order valence-corrected chi connectivity index (χ1v) is 3.27. The number of thiazole rings is 1. The van der Waals surface area contributed by atoms with E-state index in [1.807, 2.05) is 0 Å². The van der Waals surface area contributed by atoms with E-state index in [0.29, 0.717) is 16.0 Å². The molecule has 0 aliphatic rings. The van der Waals surface area contributed by atoms with Crippen molar-refractivity contribution >= 4 is 21.5 Å². The summed E-state index contributed by atoms with van der Waals surface area (Å²) in [5, 5.41) is 0.767. The molecule has 0 aliphatic carbocycles. The molecule has 0 atom stereocenters. The molecule has 5 heteroatoms. The zero-order chi connectivity index (χ0) is 7.56. The molecule has 52 valence electrons. The van der Waals surface area contributed by atoms with Crippen molar-refractivity contribution in [1.82, 2.24) is 4.98 Å². The van der Waals surface area contributed by atoms with E-state index in [1.165, 1.54) is 7.11 Å². The summed E-state index contributed by atoms with van der Waals surface area (Å²) in [6, 6.07) is 0. The number of hydrogen-bond acceptors (Lipinski definition) is 4. The summed E-state index contributed by atoms with van der Waals surface area (Å²) in [7, 11) is 1.46. The van der Waals surface area contributed by atoms with Gasteiger partial charge in [0.1, 0.15) is 0 Å². The van der Waals surface area contributed by atoms with Crippen molar-refractivity contribution in [3.8, 4) is 5.88 Å². The van der Waals surface area contributed by atoms with Gasteiger partial charge >= 0.3 is 5.00 Å². The SMILES string of the molecule is [C-]#[N+]c1sc(N)nc1OC. The van der Waals surface area contributed by atoms with E-state index in [9.17, 15) is 0 Å². The van der Waals surface area contributed by atoms with Crippen molar-refractivity contribution in [1.29, 1.82) is 0 Å². The Morgan fingerprint density at radius 1 is 1.80 bits per heavy atom. The number of anilines is 1. The number of hydrogen-bond donors (Lipinski definition) is 1. The fraction of sp³-hybridized carbons (Fsp3) is 0.200. The third kappa shape index (κ3) is 1.01. The Hall–Kier alpha value is -1.28. The molecule has 0 spiro atoms. The lowest BCUT2D eigenvalue weighted by Crippen LogP contribution is -1.84. The van der Waals surface area contributed by atoms with Crippen molar-refractivity contribution in [2.45, 2.75) is 0 Å². The molecule has 1 rings (SSSR count). The quantitative estimate of drug-likeness (QED) is 0.621. The van der Waals surface area contributed by atoms with Gasteiger partial charge in [0.05, 0.1) is 13.7 Å². The van der Waals surface area contributed by atoms with E-state index in [0.717, 1.165) is 11.3 Å². The van der Waals surface area contributed by atoms with Gasteiger partial charge in [-0.15, -0.1) is 11.3 Å². The first-order valence-electron chi connectivity index (χ1n) is 2.45. The maximum absolute atomic E-state index is 6.66. The molecular weight excluding hydrogens is 150 g/mol. The summed E-state index contributed by atoms with van der Waals surface area (Å²) in [6.45, 7) is 6.66. The lowest BCUT2D eigenvalue weighted by atomic mass is 10.8. The minimum atomic E-state index is 0.317. The van der Waals surface area contributed by atoms with Crippen molar-refractivity contribution in [2.75, 3.05) is 12.8 Å². The van der Waals surface area contributed by atoms with E-state index < -0.39 is 0 Å². The third-order valence-corrected chi connectivity index (χ3v) is 1.65. The molecule has 0 fully saturated rings. The van der Waals surface area contributed by atoms with Crippen LogP contribution in [-0.4, -0.2) is 12.1 Å². The zero-order valence-corrected chi connectivity index (χ0v) is 6.10. The Morgan fingerprint density at radius 2 is 2.50 bits per heavy atom. The lowest BCUT2D eigenvalue weighted by Gasteiger charge is -1.89. The molecule has 0 amide bonds. The van der Waals surface area contributed by atoms with Gasteiger partial charge in [-0.3, -0.25) is 0 Å². The highest BCUT2D eigenvalue weighted by Gasteiger charge is 2.07. The van der Waals surface area contributed by atoms with Gasteiger partial charge in [-0.1, -0.05) is 0 Å². The summed E-state index contributed by atoms with van der Waals surface area (Å²) >= 11 is 1.13. The van der Waals surface area contributed by atoms with Gasteiger partial charge in [-0.25, -0.2) is 4.85 Å². The largest absolute Gasteiger partial charge is 0.489 e. The highest BCUT2D eigenvalue weighted by molar-refractivity contribution is 7.19. The topological polar surface area (TPSA) is 52.5 Å². The normalized spacial score (nSPS) is 8.80. The minimum absolute atomic E-state index is 0.317. The molecular formula is C5H5N3OS. The first kappa shape index (κ1) is 6.83. The molecule has 0 unspecified atom stereocenters. The molecule has 2 N–H and O–H groups in total. The molecule has 0 aliphatic heterocycles. The number of aromatic nitrogens is 1. The third-order valence-electron chi connectivity index (χ3n) is 0.891. The number of nitrogen functional groups attached to an aromatic ring is 1. The van der Waals surface area contributed by atoms with Crippen molar-refractivity contribution < 1.29 is 4.74 Å². The highest BCUT2D eigenvalue weighted by Crippen LogP contribution is 2.34. The standard InChI is InChI=1S/C5H5N3OS/c1-7-4-3(9-2)8-5(6)10-4/h2H3,(H2,6,8). The number of nitrogens with zero attached hydrogens (tertiary/aromatic N) is 2. The van der Waals surface area contributed by atoms with E-state index in [4.69, 9.17) is 17.0 Å². The van der Waals surface area contributed by atoms with Gasteiger partial charge in [0.2, 0.25) is 5.88 Å². The van der Waals surface area contributed by atoms with E-state index >= 15 is 0 Å². The van der Waals surface area contributed by atoms with Crippen LogP contribution in [0.15, 0.2) is 0 Å². The first-order chi connectivity index (χ1) is 4.77. The Balaban J connectivity index is 3.12. The van der Waals surface area contributed by atoms with Crippen LogP contribution in [0.5, 0.6) is 5.88 Å². The van der Waals surface area contributed by atoms with E-state index in [1.54, 1.807) is 0 Å². The zero-order valence-electron chi connectivity index (χ0n) is 5.29. The average molecular weight is 155 g/mol. The Labute approximate surface area is 62.1 Å². The van der Waals surface area contributed by atoms with E-state index in [-0.39, 0.29) is 0 Å². The fourth-order valence-corrected chi connectivity index (χ4v) is 1.11. The summed E-state index contributed by atoms with van der Waals surface area (Å²) < 4.78 is 4.76. The maximum atomic E-state index is 6.66. The molecule has 4 nitrogen and oxygen atoms in total. The summed E-state index contributed by atoms with van der Waals surface area (Å²) in [6.07, 6.45) is 0. The Bertz CT molecular complexity index is 275. The minimum Gasteiger partial charge on any atom is -0.489 e. The number of nitrogens with two attached hydrogens (primary N) is 1. The monoisotopic (exact) mass is 155 g/mol. The number of ether oxygens (including phenoxy) is 1. The Kier molecular flexibility index (Phi) is 1.73. The van der Waals surface area contributed by atoms with Crippen LogP contribution in [0.3, 0.4) is 0 Å². The fourth-order valence-electron chi connectivity index (χ4n) is 0.517. The van der Waals surface area contributed by atoms with Crippen molar-refractivity contribution in [3.63, 3.8) is 0 Å². The van der Waals surface area contributed by atoms with Crippen LogP contribution in [0.25, 0.3) is 4.85 Å². The smallest absolute Gasteiger partial charge is 0.304 e. The maximum Gasteiger partial charge on any atom is 0.304 e. The lowest BCUT2D eigenvalue weighted by molar-refractivity contribution is 0.403. The number of rotatable bonds is 1. The molecule has 0 saturated heterocycles. The highest BCUT2D eigenvalue weighted by atomic mass is 32.1. The summed E-state index contributed by atoms with van der Waals surface area (Å²) in [5.74, 6) is 0.317. The van der Waals surface area contributed by atoms with Gasteiger partial charge in [-0.05, 0) is 0 Å². The molecule has 1 aromatic rings. The molecule has 0 bridgehead atoms. The summed E-state index contributed by atoms with van der Waals surface area (Å²) in [4.78, 5) is 6.92. The van der Waals surface area contributed by atoms with E-state index in [2.05, 4.69) is 9.83 Å². The van der Waals surface area contributed by atoms with Crippen molar-refractivity contribution in [3.05, 3.63) is 11.4 Å². The predicted molar refractivity (Wildman–Crippen MR) is 39.3 cm³/mol. The average Bonchev–Trinajstić information content (AvgIpc) is 2.30. The van der Waals surface area contributed by atoms with Crippen LogP contribution in [-0.2, 0) is 0 Å². The molecule has 1 aromatic heterocycles. The second kappa shape index (κ2) is 2.54. The van der Waals surface area contributed by atoms with Crippen LogP contribution < -0.4 is 10.5 Å². The van der Waals surface area contributed by atoms with Gasteiger partial charge in [0.25, 0.3) is 0 Å².